The van der Waals surface area contributed by atoms with Crippen LogP contribution in [0.3, 0.4) is 0 Å². The summed E-state index contributed by atoms with van der Waals surface area (Å²) in [6, 6.07) is 11.8. The van der Waals surface area contributed by atoms with Gasteiger partial charge in [0, 0.05) is 5.56 Å². The third-order valence-electron chi connectivity index (χ3n) is 3.47. The number of benzene rings is 2. The van der Waals surface area contributed by atoms with E-state index in [1.807, 2.05) is 0 Å². The summed E-state index contributed by atoms with van der Waals surface area (Å²) in [4.78, 5) is 11.6. The molecular formula is C18H18O5. The fourth-order valence-electron chi connectivity index (χ4n) is 2.20. The van der Waals surface area contributed by atoms with Gasteiger partial charge in [-0.1, -0.05) is 36.4 Å². The molecule has 0 fully saturated rings. The molecule has 0 atom stereocenters. The monoisotopic (exact) mass is 314 g/mol. The van der Waals surface area contributed by atoms with Gasteiger partial charge in [0.05, 0.1) is 25.9 Å². The molecule has 0 unspecified atom stereocenters. The van der Waals surface area contributed by atoms with E-state index in [0.717, 1.165) is 5.56 Å². The van der Waals surface area contributed by atoms with Gasteiger partial charge in [-0.3, -0.25) is 0 Å². The molecule has 0 aromatic heterocycles. The quantitative estimate of drug-likeness (QED) is 0.562. The molecule has 0 heterocycles. The Morgan fingerprint density at radius 2 is 1.78 bits per heavy atom. The highest BCUT2D eigenvalue weighted by molar-refractivity contribution is 6.20. The van der Waals surface area contributed by atoms with Gasteiger partial charge in [0.25, 0.3) is 0 Å². The lowest BCUT2D eigenvalue weighted by atomic mass is 10.0. The predicted molar refractivity (Wildman–Crippen MR) is 86.8 cm³/mol. The van der Waals surface area contributed by atoms with Crippen LogP contribution in [-0.2, 0) is 18.0 Å². The summed E-state index contributed by atoms with van der Waals surface area (Å²) in [6.07, 6.45) is 1.55. The Morgan fingerprint density at radius 1 is 1.09 bits per heavy atom. The van der Waals surface area contributed by atoms with Gasteiger partial charge in [0.15, 0.2) is 0 Å². The summed E-state index contributed by atoms with van der Waals surface area (Å²) >= 11 is 0. The molecule has 5 nitrogen and oxygen atoms in total. The molecule has 0 aliphatic heterocycles. The van der Waals surface area contributed by atoms with Crippen LogP contribution in [0.25, 0.3) is 11.6 Å². The highest BCUT2D eigenvalue weighted by Gasteiger charge is 2.13. The Labute approximate surface area is 134 Å². The van der Waals surface area contributed by atoms with Crippen LogP contribution >= 0.6 is 0 Å². The molecule has 2 rings (SSSR count). The minimum atomic E-state index is -1.06. The van der Waals surface area contributed by atoms with Crippen LogP contribution in [-0.4, -0.2) is 28.4 Å². The zero-order chi connectivity index (χ0) is 16.8. The van der Waals surface area contributed by atoms with E-state index in [-0.39, 0.29) is 18.8 Å². The van der Waals surface area contributed by atoms with E-state index in [2.05, 4.69) is 0 Å². The van der Waals surface area contributed by atoms with Crippen molar-refractivity contribution < 1.29 is 24.9 Å². The first kappa shape index (κ1) is 16.7. The molecule has 3 N–H and O–H groups in total. The zero-order valence-electron chi connectivity index (χ0n) is 12.7. The van der Waals surface area contributed by atoms with Crippen LogP contribution in [0.4, 0.5) is 0 Å². The van der Waals surface area contributed by atoms with Crippen LogP contribution < -0.4 is 4.74 Å². The molecule has 2 aromatic rings. The highest BCUT2D eigenvalue weighted by Crippen LogP contribution is 2.26. The Hall–Kier alpha value is -2.63. The van der Waals surface area contributed by atoms with Crippen molar-refractivity contribution in [2.75, 3.05) is 7.11 Å². The van der Waals surface area contributed by atoms with Crippen molar-refractivity contribution in [1.82, 2.24) is 0 Å². The summed E-state index contributed by atoms with van der Waals surface area (Å²) in [7, 11) is 1.47. The number of aliphatic hydroxyl groups is 2. The molecule has 0 aliphatic rings. The Balaban J connectivity index is 2.45. The average Bonchev–Trinajstić information content (AvgIpc) is 2.59. The summed E-state index contributed by atoms with van der Waals surface area (Å²) in [5.41, 5.74) is 2.66. The zero-order valence-corrected chi connectivity index (χ0v) is 12.7. The molecule has 0 saturated heterocycles. The van der Waals surface area contributed by atoms with Crippen molar-refractivity contribution in [3.8, 4) is 5.75 Å². The topological polar surface area (TPSA) is 87.0 Å². The van der Waals surface area contributed by atoms with E-state index in [0.29, 0.717) is 22.4 Å². The number of methoxy groups -OCH3 is 1. The van der Waals surface area contributed by atoms with Crippen molar-refractivity contribution in [3.05, 3.63) is 64.7 Å². The number of aliphatic carboxylic acids is 1. The van der Waals surface area contributed by atoms with Crippen molar-refractivity contribution in [1.29, 1.82) is 0 Å². The van der Waals surface area contributed by atoms with E-state index >= 15 is 0 Å². The lowest BCUT2D eigenvalue weighted by molar-refractivity contribution is -0.130. The van der Waals surface area contributed by atoms with Crippen molar-refractivity contribution in [3.63, 3.8) is 0 Å². The molecule has 23 heavy (non-hydrogen) atoms. The van der Waals surface area contributed by atoms with Gasteiger partial charge in [-0.2, -0.15) is 0 Å². The van der Waals surface area contributed by atoms with Gasteiger partial charge in [0.2, 0.25) is 0 Å². The van der Waals surface area contributed by atoms with Crippen LogP contribution in [0.15, 0.2) is 42.5 Å². The summed E-state index contributed by atoms with van der Waals surface area (Å²) < 4.78 is 5.18. The van der Waals surface area contributed by atoms with E-state index in [4.69, 9.17) is 9.84 Å². The number of hydrogen-bond donors (Lipinski definition) is 3. The van der Waals surface area contributed by atoms with Crippen molar-refractivity contribution in [2.24, 2.45) is 0 Å². The first-order valence-electron chi connectivity index (χ1n) is 7.02. The van der Waals surface area contributed by atoms with Gasteiger partial charge in [-0.25, -0.2) is 4.79 Å². The summed E-state index contributed by atoms with van der Waals surface area (Å²) in [5, 5.41) is 27.8. The first-order valence-corrected chi connectivity index (χ1v) is 7.02. The molecule has 0 bridgehead atoms. The van der Waals surface area contributed by atoms with Gasteiger partial charge in [-0.05, 0) is 28.8 Å². The molecule has 0 saturated carbocycles. The Kier molecular flexibility index (Phi) is 5.51. The lowest BCUT2D eigenvalue weighted by Gasteiger charge is -2.10. The molecule has 2 aromatic carbocycles. The predicted octanol–water partition coefficient (Wildman–Crippen LogP) is 2.31. The maximum atomic E-state index is 11.6. The third kappa shape index (κ3) is 3.97. The first-order chi connectivity index (χ1) is 11.1. The van der Waals surface area contributed by atoms with Crippen LogP contribution in [0, 0.1) is 0 Å². The largest absolute Gasteiger partial charge is 0.496 e. The number of ether oxygens (including phenoxy) is 1. The number of carboxylic acids is 1. The van der Waals surface area contributed by atoms with Gasteiger partial charge in [-0.15, -0.1) is 0 Å². The standard InChI is InChI=1S/C18H18O5/c1-23-17-9-14(6-7-15(17)11-20)16(18(21)22)8-12-2-4-13(10-19)5-3-12/h2-9,19-20H,10-11H2,1H3,(H,21,22). The molecule has 0 amide bonds. The van der Waals surface area contributed by atoms with Crippen LogP contribution in [0.1, 0.15) is 22.3 Å². The Morgan fingerprint density at radius 3 is 2.30 bits per heavy atom. The minimum absolute atomic E-state index is 0.0599. The van der Waals surface area contributed by atoms with Gasteiger partial charge < -0.3 is 20.1 Å². The van der Waals surface area contributed by atoms with Gasteiger partial charge in [0.1, 0.15) is 5.75 Å². The fourth-order valence-corrected chi connectivity index (χ4v) is 2.20. The molecule has 0 spiro atoms. The number of carboxylic acid groups (broad SMARTS) is 1. The van der Waals surface area contributed by atoms with Crippen LogP contribution in [0.5, 0.6) is 5.75 Å². The average molecular weight is 314 g/mol. The molecule has 5 heteroatoms. The summed E-state index contributed by atoms with van der Waals surface area (Å²) in [5.74, 6) is -0.622. The number of carbonyl (C=O) groups is 1. The fraction of sp³-hybridized carbons (Fsp3) is 0.167. The maximum Gasteiger partial charge on any atom is 0.336 e. The van der Waals surface area contributed by atoms with Gasteiger partial charge >= 0.3 is 5.97 Å². The second-order valence-electron chi connectivity index (χ2n) is 4.95. The van der Waals surface area contributed by atoms with E-state index in [1.165, 1.54) is 7.11 Å². The molecular weight excluding hydrogens is 296 g/mol. The minimum Gasteiger partial charge on any atom is -0.496 e. The molecule has 0 radical (unpaired) electrons. The van der Waals surface area contributed by atoms with Crippen molar-refractivity contribution >= 4 is 17.6 Å². The second-order valence-corrected chi connectivity index (χ2v) is 4.95. The number of hydrogen-bond acceptors (Lipinski definition) is 4. The second kappa shape index (κ2) is 7.58. The van der Waals surface area contributed by atoms with Crippen LogP contribution in [0.2, 0.25) is 0 Å². The van der Waals surface area contributed by atoms with E-state index in [1.54, 1.807) is 48.5 Å². The highest BCUT2D eigenvalue weighted by atomic mass is 16.5. The molecule has 120 valence electrons. The normalized spacial score (nSPS) is 11.3. The summed E-state index contributed by atoms with van der Waals surface area (Å²) in [6.45, 7) is -0.242. The van der Waals surface area contributed by atoms with Crippen molar-refractivity contribution in [2.45, 2.75) is 13.2 Å². The maximum absolute atomic E-state index is 11.6. The molecule has 0 aliphatic carbocycles. The smallest absolute Gasteiger partial charge is 0.336 e. The number of rotatable bonds is 6. The van der Waals surface area contributed by atoms with E-state index < -0.39 is 5.97 Å². The third-order valence-corrected chi connectivity index (χ3v) is 3.47. The Bertz CT molecular complexity index is 717. The number of aliphatic hydroxyl groups excluding tert-OH is 2. The SMILES string of the molecule is COc1cc(C(=Cc2ccc(CO)cc2)C(=O)O)ccc1CO. The lowest BCUT2D eigenvalue weighted by Crippen LogP contribution is -2.01. The van der Waals surface area contributed by atoms with E-state index in [9.17, 15) is 15.0 Å².